The Hall–Kier alpha value is -1.41. The standard InChI is InChI=1S/C17H24BrF2N3O2/c1-3-21-17(23(2)10-12-6-7-24-11-12)22-9-13-8-14(18)4-5-15(13)25-16(19)20/h4-5,8,12,16H,3,6-7,9-11H2,1-2H3,(H,21,22). The molecule has 8 heteroatoms. The summed E-state index contributed by atoms with van der Waals surface area (Å²) in [6, 6.07) is 4.94. The van der Waals surface area contributed by atoms with Crippen LogP contribution in [0.15, 0.2) is 27.7 Å². The molecule has 2 rings (SSSR count). The molecule has 1 atom stereocenters. The largest absolute Gasteiger partial charge is 0.434 e. The van der Waals surface area contributed by atoms with E-state index in [0.717, 1.165) is 43.2 Å². The Morgan fingerprint density at radius 1 is 1.52 bits per heavy atom. The average Bonchev–Trinajstić information content (AvgIpc) is 3.06. The van der Waals surface area contributed by atoms with Gasteiger partial charge in [-0.25, -0.2) is 4.99 Å². The van der Waals surface area contributed by atoms with E-state index in [1.165, 1.54) is 6.07 Å². The number of benzene rings is 1. The Labute approximate surface area is 155 Å². The first-order chi connectivity index (χ1) is 12.0. The summed E-state index contributed by atoms with van der Waals surface area (Å²) in [5.74, 6) is 1.36. The molecule has 1 unspecified atom stereocenters. The molecule has 5 nitrogen and oxygen atoms in total. The number of ether oxygens (including phenoxy) is 2. The highest BCUT2D eigenvalue weighted by atomic mass is 79.9. The van der Waals surface area contributed by atoms with Gasteiger partial charge in [-0.05, 0) is 31.5 Å². The van der Waals surface area contributed by atoms with E-state index in [-0.39, 0.29) is 12.3 Å². The summed E-state index contributed by atoms with van der Waals surface area (Å²) in [4.78, 5) is 6.63. The molecule has 1 aliphatic heterocycles. The van der Waals surface area contributed by atoms with Crippen molar-refractivity contribution >= 4 is 21.9 Å². The van der Waals surface area contributed by atoms with E-state index in [2.05, 4.69) is 35.9 Å². The SMILES string of the molecule is CCNC(=NCc1cc(Br)ccc1OC(F)F)N(C)CC1CCOC1. The van der Waals surface area contributed by atoms with Crippen LogP contribution < -0.4 is 10.1 Å². The van der Waals surface area contributed by atoms with E-state index < -0.39 is 6.61 Å². The minimum Gasteiger partial charge on any atom is -0.434 e. The van der Waals surface area contributed by atoms with Gasteiger partial charge in [-0.2, -0.15) is 8.78 Å². The van der Waals surface area contributed by atoms with Crippen molar-refractivity contribution in [3.63, 3.8) is 0 Å². The first-order valence-electron chi connectivity index (χ1n) is 8.30. The summed E-state index contributed by atoms with van der Waals surface area (Å²) < 4.78 is 35.9. The lowest BCUT2D eigenvalue weighted by Gasteiger charge is -2.24. The number of alkyl halides is 2. The summed E-state index contributed by atoms with van der Waals surface area (Å²) in [5, 5.41) is 3.24. The average molecular weight is 420 g/mol. The number of hydrogen-bond acceptors (Lipinski definition) is 3. The van der Waals surface area contributed by atoms with Crippen LogP contribution >= 0.6 is 15.9 Å². The van der Waals surface area contributed by atoms with Gasteiger partial charge in [0.25, 0.3) is 0 Å². The van der Waals surface area contributed by atoms with Crippen molar-refractivity contribution in [1.29, 1.82) is 0 Å². The molecular formula is C17H24BrF2N3O2. The van der Waals surface area contributed by atoms with Crippen molar-refractivity contribution in [2.45, 2.75) is 26.5 Å². The second-order valence-electron chi connectivity index (χ2n) is 5.91. The van der Waals surface area contributed by atoms with Gasteiger partial charge in [-0.1, -0.05) is 15.9 Å². The summed E-state index contributed by atoms with van der Waals surface area (Å²) in [5.41, 5.74) is 0.600. The Balaban J connectivity index is 2.10. The van der Waals surface area contributed by atoms with Crippen LogP contribution in [0.3, 0.4) is 0 Å². The topological polar surface area (TPSA) is 46.1 Å². The molecule has 0 aliphatic carbocycles. The Kier molecular flexibility index (Phi) is 7.90. The third-order valence-electron chi connectivity index (χ3n) is 3.89. The van der Waals surface area contributed by atoms with Gasteiger partial charge in [0, 0.05) is 42.7 Å². The molecule has 1 N–H and O–H groups in total. The van der Waals surface area contributed by atoms with Gasteiger partial charge < -0.3 is 19.7 Å². The molecule has 25 heavy (non-hydrogen) atoms. The maximum absolute atomic E-state index is 12.6. The van der Waals surface area contributed by atoms with Crippen molar-refractivity contribution < 1.29 is 18.3 Å². The number of nitrogens with one attached hydrogen (secondary N) is 1. The third-order valence-corrected chi connectivity index (χ3v) is 4.38. The number of rotatable bonds is 7. The van der Waals surface area contributed by atoms with Gasteiger partial charge in [-0.3, -0.25) is 0 Å². The molecule has 1 aromatic rings. The van der Waals surface area contributed by atoms with Gasteiger partial charge in [0.15, 0.2) is 5.96 Å². The van der Waals surface area contributed by atoms with Gasteiger partial charge in [0.2, 0.25) is 0 Å². The van der Waals surface area contributed by atoms with Crippen molar-refractivity contribution in [3.8, 4) is 5.75 Å². The Bertz CT molecular complexity index is 581. The Morgan fingerprint density at radius 2 is 2.32 bits per heavy atom. The van der Waals surface area contributed by atoms with Gasteiger partial charge in [0.1, 0.15) is 5.75 Å². The maximum atomic E-state index is 12.6. The van der Waals surface area contributed by atoms with Crippen molar-refractivity contribution in [3.05, 3.63) is 28.2 Å². The lowest BCUT2D eigenvalue weighted by Crippen LogP contribution is -2.41. The van der Waals surface area contributed by atoms with Crippen LogP contribution in [0, 0.1) is 5.92 Å². The van der Waals surface area contributed by atoms with E-state index >= 15 is 0 Å². The first-order valence-corrected chi connectivity index (χ1v) is 9.09. The van der Waals surface area contributed by atoms with Crippen LogP contribution in [0.2, 0.25) is 0 Å². The number of aliphatic imine (C=N–C) groups is 1. The molecule has 0 aromatic heterocycles. The van der Waals surface area contributed by atoms with Crippen molar-refractivity contribution in [2.75, 3.05) is 33.4 Å². The molecule has 1 saturated heterocycles. The number of nitrogens with zero attached hydrogens (tertiary/aromatic N) is 2. The van der Waals surface area contributed by atoms with Gasteiger partial charge in [-0.15, -0.1) is 0 Å². The minimum absolute atomic E-state index is 0.143. The highest BCUT2D eigenvalue weighted by Gasteiger charge is 2.19. The molecule has 140 valence electrons. The number of hydrogen-bond donors (Lipinski definition) is 1. The zero-order valence-electron chi connectivity index (χ0n) is 14.5. The molecule has 0 saturated carbocycles. The smallest absolute Gasteiger partial charge is 0.387 e. The molecule has 0 bridgehead atoms. The fraction of sp³-hybridized carbons (Fsp3) is 0.588. The molecule has 1 heterocycles. The second-order valence-corrected chi connectivity index (χ2v) is 6.83. The molecule has 1 fully saturated rings. The fourth-order valence-corrected chi connectivity index (χ4v) is 3.12. The lowest BCUT2D eigenvalue weighted by atomic mass is 10.1. The van der Waals surface area contributed by atoms with Crippen molar-refractivity contribution in [1.82, 2.24) is 10.2 Å². The highest BCUT2D eigenvalue weighted by molar-refractivity contribution is 9.10. The van der Waals surface area contributed by atoms with E-state index in [4.69, 9.17) is 4.74 Å². The predicted molar refractivity (Wildman–Crippen MR) is 97.1 cm³/mol. The highest BCUT2D eigenvalue weighted by Crippen LogP contribution is 2.25. The first kappa shape index (κ1) is 19.9. The molecule has 1 aromatic carbocycles. The Morgan fingerprint density at radius 3 is 2.96 bits per heavy atom. The van der Waals surface area contributed by atoms with Crippen LogP contribution in [0.25, 0.3) is 0 Å². The van der Waals surface area contributed by atoms with E-state index in [0.29, 0.717) is 11.5 Å². The lowest BCUT2D eigenvalue weighted by molar-refractivity contribution is -0.0504. The second kappa shape index (κ2) is 9.91. The zero-order valence-corrected chi connectivity index (χ0v) is 16.1. The summed E-state index contributed by atoms with van der Waals surface area (Å²) in [6.45, 7) is 2.51. The minimum atomic E-state index is -2.86. The van der Waals surface area contributed by atoms with Gasteiger partial charge in [0.05, 0.1) is 13.2 Å². The monoisotopic (exact) mass is 419 g/mol. The maximum Gasteiger partial charge on any atom is 0.387 e. The number of guanidine groups is 1. The summed E-state index contributed by atoms with van der Waals surface area (Å²) in [7, 11) is 1.97. The van der Waals surface area contributed by atoms with Gasteiger partial charge >= 0.3 is 6.61 Å². The van der Waals surface area contributed by atoms with Crippen LogP contribution in [0.5, 0.6) is 5.75 Å². The van der Waals surface area contributed by atoms with Crippen LogP contribution in [0.1, 0.15) is 18.9 Å². The van der Waals surface area contributed by atoms with Crippen LogP contribution in [-0.2, 0) is 11.3 Å². The summed E-state index contributed by atoms with van der Waals surface area (Å²) >= 11 is 3.36. The van der Waals surface area contributed by atoms with E-state index in [1.807, 2.05) is 14.0 Å². The predicted octanol–water partition coefficient (Wildman–Crippen LogP) is 3.48. The van der Waals surface area contributed by atoms with Crippen LogP contribution in [-0.4, -0.2) is 50.8 Å². The fourth-order valence-electron chi connectivity index (χ4n) is 2.71. The van der Waals surface area contributed by atoms with Crippen LogP contribution in [0.4, 0.5) is 8.78 Å². The quantitative estimate of drug-likeness (QED) is 0.542. The van der Waals surface area contributed by atoms with E-state index in [1.54, 1.807) is 12.1 Å². The normalized spacial score (nSPS) is 17.8. The number of halogens is 3. The molecule has 1 aliphatic rings. The molecule has 0 amide bonds. The van der Waals surface area contributed by atoms with Crippen molar-refractivity contribution in [2.24, 2.45) is 10.9 Å². The van der Waals surface area contributed by atoms with E-state index in [9.17, 15) is 8.78 Å². The zero-order chi connectivity index (χ0) is 18.2. The summed E-state index contributed by atoms with van der Waals surface area (Å²) in [6.07, 6.45) is 1.04. The molecule has 0 radical (unpaired) electrons. The third kappa shape index (κ3) is 6.43. The molecule has 0 spiro atoms. The molecular weight excluding hydrogens is 396 g/mol.